The maximum atomic E-state index is 10.9. The van der Waals surface area contributed by atoms with Crippen LogP contribution in [0.4, 0.5) is 0 Å². The van der Waals surface area contributed by atoms with Crippen LogP contribution in [0, 0.1) is 17.8 Å². The van der Waals surface area contributed by atoms with Crippen LogP contribution in [0.3, 0.4) is 0 Å². The number of carbonyl (C=O) groups excluding carboxylic acids is 1. The van der Waals surface area contributed by atoms with Gasteiger partial charge in [-0.2, -0.15) is 0 Å². The van der Waals surface area contributed by atoms with Crippen LogP contribution < -0.4 is 0 Å². The minimum atomic E-state index is -0.166. The van der Waals surface area contributed by atoms with Crippen molar-refractivity contribution in [2.45, 2.75) is 13.8 Å². The molecule has 1 aromatic carbocycles. The Bertz CT molecular complexity index is 340. The second-order valence-electron chi connectivity index (χ2n) is 2.97. The van der Waals surface area contributed by atoms with Gasteiger partial charge in [0.1, 0.15) is 5.78 Å². The van der Waals surface area contributed by atoms with Crippen LogP contribution in [-0.2, 0) is 4.79 Å². The van der Waals surface area contributed by atoms with Crippen molar-refractivity contribution in [3.05, 3.63) is 35.9 Å². The molecule has 1 aromatic rings. The van der Waals surface area contributed by atoms with Crippen molar-refractivity contribution in [2.24, 2.45) is 5.92 Å². The minimum absolute atomic E-state index is 0.114. The summed E-state index contributed by atoms with van der Waals surface area (Å²) < 4.78 is 0. The molecular formula is C12H12O. The number of carbonyl (C=O) groups is 1. The fourth-order valence-corrected chi connectivity index (χ4v) is 0.815. The minimum Gasteiger partial charge on any atom is -0.299 e. The first-order chi connectivity index (χ1) is 6.20. The van der Waals surface area contributed by atoms with Crippen molar-refractivity contribution >= 4 is 5.78 Å². The Morgan fingerprint density at radius 2 is 1.92 bits per heavy atom. The SMILES string of the molecule is CC(=O)[C@H](C)C#Cc1ccccc1. The highest BCUT2D eigenvalue weighted by atomic mass is 16.1. The largest absolute Gasteiger partial charge is 0.299 e. The zero-order chi connectivity index (χ0) is 9.68. The van der Waals surface area contributed by atoms with Gasteiger partial charge in [0.05, 0.1) is 5.92 Å². The third kappa shape index (κ3) is 3.13. The van der Waals surface area contributed by atoms with Crippen LogP contribution in [0.2, 0.25) is 0 Å². The van der Waals surface area contributed by atoms with Crippen LogP contribution >= 0.6 is 0 Å². The number of hydrogen-bond donors (Lipinski definition) is 0. The molecule has 0 aromatic heterocycles. The van der Waals surface area contributed by atoms with Crippen molar-refractivity contribution < 1.29 is 4.79 Å². The molecule has 0 N–H and O–H groups in total. The van der Waals surface area contributed by atoms with Gasteiger partial charge in [-0.3, -0.25) is 4.79 Å². The molecule has 0 heterocycles. The van der Waals surface area contributed by atoms with Gasteiger partial charge in [0, 0.05) is 5.56 Å². The van der Waals surface area contributed by atoms with Gasteiger partial charge in [0.2, 0.25) is 0 Å². The summed E-state index contributed by atoms with van der Waals surface area (Å²) in [6.45, 7) is 3.38. The van der Waals surface area contributed by atoms with E-state index in [1.54, 1.807) is 6.92 Å². The maximum Gasteiger partial charge on any atom is 0.144 e. The molecule has 0 aliphatic heterocycles. The molecule has 0 unspecified atom stereocenters. The second-order valence-corrected chi connectivity index (χ2v) is 2.97. The molecular weight excluding hydrogens is 160 g/mol. The molecule has 0 saturated heterocycles. The first-order valence-electron chi connectivity index (χ1n) is 4.27. The zero-order valence-corrected chi connectivity index (χ0v) is 7.87. The fraction of sp³-hybridized carbons (Fsp3) is 0.250. The van der Waals surface area contributed by atoms with E-state index in [-0.39, 0.29) is 11.7 Å². The van der Waals surface area contributed by atoms with Crippen LogP contribution in [0.15, 0.2) is 30.3 Å². The number of ketones is 1. The highest BCUT2D eigenvalue weighted by Gasteiger charge is 2.00. The topological polar surface area (TPSA) is 17.1 Å². The molecule has 1 heteroatoms. The Morgan fingerprint density at radius 1 is 1.31 bits per heavy atom. The van der Waals surface area contributed by atoms with Gasteiger partial charge in [0.25, 0.3) is 0 Å². The van der Waals surface area contributed by atoms with Crippen LogP contribution in [0.1, 0.15) is 19.4 Å². The molecule has 1 rings (SSSR count). The van der Waals surface area contributed by atoms with E-state index in [4.69, 9.17) is 0 Å². The van der Waals surface area contributed by atoms with Gasteiger partial charge in [-0.25, -0.2) is 0 Å². The predicted octanol–water partition coefficient (Wildman–Crippen LogP) is 2.26. The first kappa shape index (κ1) is 9.54. The summed E-state index contributed by atoms with van der Waals surface area (Å²) in [6.07, 6.45) is 0. The monoisotopic (exact) mass is 172 g/mol. The summed E-state index contributed by atoms with van der Waals surface area (Å²) >= 11 is 0. The van der Waals surface area contributed by atoms with E-state index in [1.165, 1.54) is 0 Å². The third-order valence-corrected chi connectivity index (χ3v) is 1.82. The molecule has 0 fully saturated rings. The zero-order valence-electron chi connectivity index (χ0n) is 7.87. The van der Waals surface area contributed by atoms with Gasteiger partial charge < -0.3 is 0 Å². The lowest BCUT2D eigenvalue weighted by atomic mass is 10.1. The molecule has 0 amide bonds. The van der Waals surface area contributed by atoms with E-state index < -0.39 is 0 Å². The summed E-state index contributed by atoms with van der Waals surface area (Å²) in [5.41, 5.74) is 0.954. The standard InChI is InChI=1S/C12H12O/c1-10(11(2)13)8-9-12-6-4-3-5-7-12/h3-7,10H,1-2H3/t10-/m1/s1. The molecule has 0 radical (unpaired) electrons. The molecule has 1 nitrogen and oxygen atoms in total. The predicted molar refractivity (Wildman–Crippen MR) is 53.2 cm³/mol. The van der Waals surface area contributed by atoms with Crippen molar-refractivity contribution in [1.82, 2.24) is 0 Å². The van der Waals surface area contributed by atoms with E-state index in [2.05, 4.69) is 11.8 Å². The van der Waals surface area contributed by atoms with E-state index >= 15 is 0 Å². The lowest BCUT2D eigenvalue weighted by Gasteiger charge is -1.94. The summed E-state index contributed by atoms with van der Waals surface area (Å²) in [5.74, 6) is 5.80. The third-order valence-electron chi connectivity index (χ3n) is 1.82. The molecule has 13 heavy (non-hydrogen) atoms. The van der Waals surface area contributed by atoms with Gasteiger partial charge in [-0.15, -0.1) is 0 Å². The average molecular weight is 172 g/mol. The summed E-state index contributed by atoms with van der Waals surface area (Å²) in [5, 5.41) is 0. The Kier molecular flexibility index (Phi) is 3.28. The van der Waals surface area contributed by atoms with E-state index in [0.29, 0.717) is 0 Å². The van der Waals surface area contributed by atoms with Crippen LogP contribution in [0.25, 0.3) is 0 Å². The number of rotatable bonds is 1. The first-order valence-corrected chi connectivity index (χ1v) is 4.27. The lowest BCUT2D eigenvalue weighted by Crippen LogP contribution is -2.02. The Morgan fingerprint density at radius 3 is 2.46 bits per heavy atom. The molecule has 0 aliphatic carbocycles. The second kappa shape index (κ2) is 4.47. The Balaban J connectivity index is 2.73. The van der Waals surface area contributed by atoms with Crippen LogP contribution in [0.5, 0.6) is 0 Å². The van der Waals surface area contributed by atoms with Gasteiger partial charge in [-0.05, 0) is 26.0 Å². The highest BCUT2D eigenvalue weighted by molar-refractivity contribution is 5.80. The van der Waals surface area contributed by atoms with E-state index in [1.807, 2.05) is 37.3 Å². The number of benzene rings is 1. The Labute approximate surface area is 78.8 Å². The molecule has 0 spiro atoms. The molecule has 66 valence electrons. The number of hydrogen-bond acceptors (Lipinski definition) is 1. The summed E-state index contributed by atoms with van der Waals surface area (Å²) in [6, 6.07) is 9.67. The Hall–Kier alpha value is -1.55. The normalized spacial score (nSPS) is 11.2. The number of Topliss-reactive ketones (excluding diaryl/α,β-unsaturated/α-hetero) is 1. The van der Waals surface area contributed by atoms with Gasteiger partial charge in [0.15, 0.2) is 0 Å². The smallest absolute Gasteiger partial charge is 0.144 e. The van der Waals surface area contributed by atoms with Gasteiger partial charge >= 0.3 is 0 Å². The molecule has 1 atom stereocenters. The lowest BCUT2D eigenvalue weighted by molar-refractivity contribution is -0.118. The maximum absolute atomic E-state index is 10.9. The summed E-state index contributed by atoms with van der Waals surface area (Å²) in [4.78, 5) is 10.9. The van der Waals surface area contributed by atoms with Crippen molar-refractivity contribution in [3.63, 3.8) is 0 Å². The van der Waals surface area contributed by atoms with Crippen LogP contribution in [-0.4, -0.2) is 5.78 Å². The van der Waals surface area contributed by atoms with Gasteiger partial charge in [-0.1, -0.05) is 30.0 Å². The van der Waals surface area contributed by atoms with Crippen molar-refractivity contribution in [2.75, 3.05) is 0 Å². The highest BCUT2D eigenvalue weighted by Crippen LogP contribution is 1.98. The summed E-state index contributed by atoms with van der Waals surface area (Å²) in [7, 11) is 0. The van der Waals surface area contributed by atoms with E-state index in [0.717, 1.165) is 5.56 Å². The van der Waals surface area contributed by atoms with E-state index in [9.17, 15) is 4.79 Å². The fourth-order valence-electron chi connectivity index (χ4n) is 0.815. The molecule has 0 bridgehead atoms. The quantitative estimate of drug-likeness (QED) is 0.594. The average Bonchev–Trinajstić information content (AvgIpc) is 2.15. The van der Waals surface area contributed by atoms with Crippen molar-refractivity contribution in [1.29, 1.82) is 0 Å². The molecule has 0 saturated carbocycles. The van der Waals surface area contributed by atoms with Crippen molar-refractivity contribution in [3.8, 4) is 11.8 Å². The molecule has 0 aliphatic rings.